The number of amides is 1. The smallest absolute Gasteiger partial charge is 0.220 e. The van der Waals surface area contributed by atoms with E-state index in [0.717, 1.165) is 3.57 Å². The summed E-state index contributed by atoms with van der Waals surface area (Å²) in [6.45, 7) is 0. The number of halogens is 2. The number of nitrogens with one attached hydrogen (secondary N) is 1. The van der Waals surface area contributed by atoms with Gasteiger partial charge in [-0.1, -0.05) is 6.07 Å². The van der Waals surface area contributed by atoms with Gasteiger partial charge in [-0.3, -0.25) is 4.79 Å². The highest BCUT2D eigenvalue weighted by Crippen LogP contribution is 2.26. The van der Waals surface area contributed by atoms with E-state index in [1.54, 1.807) is 6.07 Å². The lowest BCUT2D eigenvalue weighted by atomic mass is 10.1. The summed E-state index contributed by atoms with van der Waals surface area (Å²) in [5.41, 5.74) is 0.594. The van der Waals surface area contributed by atoms with Crippen molar-refractivity contribution in [1.29, 1.82) is 0 Å². The van der Waals surface area contributed by atoms with Crippen molar-refractivity contribution in [2.75, 3.05) is 0 Å². The van der Waals surface area contributed by atoms with E-state index in [9.17, 15) is 9.18 Å². The summed E-state index contributed by atoms with van der Waals surface area (Å²) in [5, 5.41) is 2.75. The highest BCUT2D eigenvalue weighted by atomic mass is 127. The Kier molecular flexibility index (Phi) is 2.71. The maximum absolute atomic E-state index is 13.5. The summed E-state index contributed by atoms with van der Waals surface area (Å²) < 4.78 is 14.3. The predicted molar refractivity (Wildman–Crippen MR) is 59.2 cm³/mol. The van der Waals surface area contributed by atoms with Gasteiger partial charge in [-0.15, -0.1) is 0 Å². The van der Waals surface area contributed by atoms with Crippen LogP contribution in [0, 0.1) is 9.39 Å². The predicted octanol–water partition coefficient (Wildman–Crippen LogP) is 2.38. The molecule has 1 aliphatic rings. The lowest BCUT2D eigenvalue weighted by Crippen LogP contribution is -2.19. The van der Waals surface area contributed by atoms with E-state index in [2.05, 4.69) is 27.9 Å². The fraction of sp³-hybridized carbons (Fsp3) is 0.300. The molecule has 74 valence electrons. The number of carbonyl (C=O) groups excluding carboxylic acids is 1. The molecule has 1 amide bonds. The van der Waals surface area contributed by atoms with Gasteiger partial charge in [0.2, 0.25) is 5.91 Å². The zero-order chi connectivity index (χ0) is 10.1. The monoisotopic (exact) mass is 305 g/mol. The topological polar surface area (TPSA) is 29.1 Å². The second-order valence-electron chi connectivity index (χ2n) is 3.32. The Morgan fingerprint density at radius 1 is 1.50 bits per heavy atom. The standard InChI is InChI=1S/C10H9FINO/c11-8-5-6(12)1-2-7(8)9-3-4-10(14)13-9/h1-2,5,9H,3-4H2,(H,13,14). The second-order valence-corrected chi connectivity index (χ2v) is 4.57. The van der Waals surface area contributed by atoms with Crippen molar-refractivity contribution in [2.45, 2.75) is 18.9 Å². The molecular formula is C10H9FINO. The van der Waals surface area contributed by atoms with Crippen molar-refractivity contribution in [3.05, 3.63) is 33.1 Å². The van der Waals surface area contributed by atoms with Gasteiger partial charge in [0.05, 0.1) is 6.04 Å². The van der Waals surface area contributed by atoms with Crippen LogP contribution in [0.5, 0.6) is 0 Å². The summed E-state index contributed by atoms with van der Waals surface area (Å²) in [6.07, 6.45) is 1.19. The lowest BCUT2D eigenvalue weighted by molar-refractivity contribution is -0.119. The van der Waals surface area contributed by atoms with Gasteiger partial charge in [0.25, 0.3) is 0 Å². The molecule has 14 heavy (non-hydrogen) atoms. The molecule has 2 nitrogen and oxygen atoms in total. The van der Waals surface area contributed by atoms with Crippen molar-refractivity contribution in [3.63, 3.8) is 0 Å². The van der Waals surface area contributed by atoms with E-state index < -0.39 is 0 Å². The average molecular weight is 305 g/mol. The molecule has 1 aliphatic heterocycles. The second kappa shape index (κ2) is 3.84. The molecule has 2 rings (SSSR count). The van der Waals surface area contributed by atoms with Crippen LogP contribution in [0.15, 0.2) is 18.2 Å². The van der Waals surface area contributed by atoms with Gasteiger partial charge < -0.3 is 5.32 Å². The number of hydrogen-bond donors (Lipinski definition) is 1. The van der Waals surface area contributed by atoms with Crippen LogP contribution >= 0.6 is 22.6 Å². The molecule has 1 aromatic carbocycles. The molecule has 1 N–H and O–H groups in total. The SMILES string of the molecule is O=C1CCC(c2ccc(I)cc2F)N1. The summed E-state index contributed by atoms with van der Waals surface area (Å²) >= 11 is 2.06. The van der Waals surface area contributed by atoms with Crippen LogP contribution in [0.2, 0.25) is 0 Å². The first-order chi connectivity index (χ1) is 6.66. The third kappa shape index (κ3) is 1.89. The van der Waals surface area contributed by atoms with E-state index >= 15 is 0 Å². The van der Waals surface area contributed by atoms with Crippen LogP contribution in [-0.2, 0) is 4.79 Å². The van der Waals surface area contributed by atoms with Crippen LogP contribution in [0.4, 0.5) is 4.39 Å². The Hall–Kier alpha value is -0.650. The Bertz CT molecular complexity index is 380. The molecule has 0 aromatic heterocycles. The van der Waals surface area contributed by atoms with Crippen LogP contribution in [-0.4, -0.2) is 5.91 Å². The largest absolute Gasteiger partial charge is 0.349 e. The first-order valence-electron chi connectivity index (χ1n) is 4.41. The summed E-state index contributed by atoms with van der Waals surface area (Å²) in [5.74, 6) is -0.225. The van der Waals surface area contributed by atoms with Crippen molar-refractivity contribution < 1.29 is 9.18 Å². The lowest BCUT2D eigenvalue weighted by Gasteiger charge is -2.11. The quantitative estimate of drug-likeness (QED) is 0.793. The van der Waals surface area contributed by atoms with Crippen molar-refractivity contribution in [3.8, 4) is 0 Å². The Labute approximate surface area is 95.0 Å². The van der Waals surface area contributed by atoms with Crippen LogP contribution < -0.4 is 5.32 Å². The molecule has 0 spiro atoms. The minimum atomic E-state index is -0.232. The highest BCUT2D eigenvalue weighted by Gasteiger charge is 2.24. The molecule has 0 radical (unpaired) electrons. The van der Waals surface area contributed by atoms with E-state index in [1.807, 2.05) is 6.07 Å². The Balaban J connectivity index is 2.28. The summed E-state index contributed by atoms with van der Waals surface area (Å²) in [7, 11) is 0. The van der Waals surface area contributed by atoms with E-state index in [-0.39, 0.29) is 17.8 Å². The summed E-state index contributed by atoms with van der Waals surface area (Å²) in [4.78, 5) is 11.0. The first kappa shape index (κ1) is 9.89. The van der Waals surface area contributed by atoms with Gasteiger partial charge in [-0.2, -0.15) is 0 Å². The molecule has 0 saturated carbocycles. The minimum Gasteiger partial charge on any atom is -0.349 e. The van der Waals surface area contributed by atoms with Gasteiger partial charge in [-0.25, -0.2) is 4.39 Å². The fourth-order valence-corrected chi connectivity index (χ4v) is 2.08. The van der Waals surface area contributed by atoms with Crippen molar-refractivity contribution in [1.82, 2.24) is 5.32 Å². The molecule has 0 aliphatic carbocycles. The molecular weight excluding hydrogens is 296 g/mol. The number of rotatable bonds is 1. The van der Waals surface area contributed by atoms with Gasteiger partial charge in [0.15, 0.2) is 0 Å². The van der Waals surface area contributed by atoms with Crippen LogP contribution in [0.25, 0.3) is 0 Å². The number of benzene rings is 1. The zero-order valence-corrected chi connectivity index (χ0v) is 9.55. The van der Waals surface area contributed by atoms with Crippen LogP contribution in [0.3, 0.4) is 0 Å². The Morgan fingerprint density at radius 3 is 2.86 bits per heavy atom. The Morgan fingerprint density at radius 2 is 2.29 bits per heavy atom. The molecule has 1 atom stereocenters. The van der Waals surface area contributed by atoms with Gasteiger partial charge in [0, 0.05) is 15.6 Å². The highest BCUT2D eigenvalue weighted by molar-refractivity contribution is 14.1. The van der Waals surface area contributed by atoms with Gasteiger partial charge in [-0.05, 0) is 41.1 Å². The van der Waals surface area contributed by atoms with Gasteiger partial charge >= 0.3 is 0 Å². The van der Waals surface area contributed by atoms with Crippen molar-refractivity contribution in [2.24, 2.45) is 0 Å². The summed E-state index contributed by atoms with van der Waals surface area (Å²) in [6, 6.07) is 4.94. The van der Waals surface area contributed by atoms with Crippen molar-refractivity contribution >= 4 is 28.5 Å². The first-order valence-corrected chi connectivity index (χ1v) is 5.49. The average Bonchev–Trinajstić information content (AvgIpc) is 2.51. The van der Waals surface area contributed by atoms with Gasteiger partial charge in [0.1, 0.15) is 5.82 Å². The maximum atomic E-state index is 13.5. The molecule has 1 heterocycles. The number of hydrogen-bond acceptors (Lipinski definition) is 1. The minimum absolute atomic E-state index is 0.00736. The zero-order valence-electron chi connectivity index (χ0n) is 7.39. The molecule has 1 aromatic rings. The molecule has 4 heteroatoms. The van der Waals surface area contributed by atoms with Crippen LogP contribution in [0.1, 0.15) is 24.4 Å². The molecule has 0 bridgehead atoms. The van der Waals surface area contributed by atoms with E-state index in [1.165, 1.54) is 6.07 Å². The molecule has 1 fully saturated rings. The normalized spacial score (nSPS) is 21.0. The fourth-order valence-electron chi connectivity index (χ4n) is 1.63. The number of carbonyl (C=O) groups is 1. The molecule has 1 unspecified atom stereocenters. The molecule has 1 saturated heterocycles. The van der Waals surface area contributed by atoms with E-state index in [0.29, 0.717) is 18.4 Å². The maximum Gasteiger partial charge on any atom is 0.220 e. The van der Waals surface area contributed by atoms with E-state index in [4.69, 9.17) is 0 Å². The third-order valence-corrected chi connectivity index (χ3v) is 3.00. The third-order valence-electron chi connectivity index (χ3n) is 2.33.